The summed E-state index contributed by atoms with van der Waals surface area (Å²) >= 11 is 6.49. The van der Waals surface area contributed by atoms with Crippen molar-refractivity contribution in [3.05, 3.63) is 40.5 Å². The van der Waals surface area contributed by atoms with Crippen LogP contribution in [0.2, 0.25) is 5.02 Å². The first kappa shape index (κ1) is 15.3. The molecule has 2 rings (SSSR count). The lowest BCUT2D eigenvalue weighted by atomic mass is 10.0. The minimum atomic E-state index is 0. The highest BCUT2D eigenvalue weighted by atomic mass is 35.5. The molecular formula is C15H19Cl2N. The van der Waals surface area contributed by atoms with E-state index in [1.54, 1.807) is 0 Å². The number of fused-ring (bicyclic) bond motifs is 1. The third-order valence-corrected chi connectivity index (χ3v) is 3.59. The van der Waals surface area contributed by atoms with E-state index in [9.17, 15) is 0 Å². The van der Waals surface area contributed by atoms with E-state index in [4.69, 9.17) is 11.6 Å². The Kier molecular flexibility index (Phi) is 5.90. The van der Waals surface area contributed by atoms with Crippen LogP contribution in [-0.4, -0.2) is 4.98 Å². The molecule has 0 atom stereocenters. The lowest BCUT2D eigenvalue weighted by molar-refractivity contribution is 0.714. The van der Waals surface area contributed by atoms with Crippen LogP contribution in [0.4, 0.5) is 0 Å². The summed E-state index contributed by atoms with van der Waals surface area (Å²) < 4.78 is 0. The largest absolute Gasteiger partial charge is 0.253 e. The highest BCUT2D eigenvalue weighted by Crippen LogP contribution is 2.29. The van der Waals surface area contributed by atoms with Gasteiger partial charge >= 0.3 is 0 Å². The van der Waals surface area contributed by atoms with Gasteiger partial charge in [-0.15, -0.1) is 12.4 Å². The van der Waals surface area contributed by atoms with Gasteiger partial charge in [-0.1, -0.05) is 49.6 Å². The van der Waals surface area contributed by atoms with Crippen molar-refractivity contribution in [2.24, 2.45) is 0 Å². The maximum atomic E-state index is 6.49. The number of aryl methyl sites for hydroxylation is 1. The second-order valence-corrected chi connectivity index (χ2v) is 4.84. The second kappa shape index (κ2) is 6.96. The quantitative estimate of drug-likeness (QED) is 0.689. The first-order chi connectivity index (χ1) is 8.24. The fraction of sp³-hybridized carbons (Fsp3) is 0.400. The number of hydrogen-bond donors (Lipinski definition) is 0. The average molecular weight is 284 g/mol. The topological polar surface area (TPSA) is 12.9 Å². The molecule has 0 saturated heterocycles. The molecule has 0 radical (unpaired) electrons. The fourth-order valence-electron chi connectivity index (χ4n) is 2.17. The number of halogens is 2. The molecule has 98 valence electrons. The van der Waals surface area contributed by atoms with E-state index in [2.05, 4.69) is 18.8 Å². The third-order valence-electron chi connectivity index (χ3n) is 3.16. The first-order valence-corrected chi connectivity index (χ1v) is 6.65. The standard InChI is InChI=1S/C15H18ClN.ClH/c1-3-4-5-8-12-11(2)17-14-10-7-6-9-13(14)15(12)16;/h6-7,9-10H,3-5,8H2,1-2H3;1H. The molecule has 0 aliphatic rings. The van der Waals surface area contributed by atoms with Crippen LogP contribution in [0.25, 0.3) is 10.9 Å². The predicted octanol–water partition coefficient (Wildman–Crippen LogP) is 5.35. The Balaban J connectivity index is 0.00000162. The van der Waals surface area contributed by atoms with Crippen molar-refractivity contribution in [2.45, 2.75) is 39.5 Å². The molecule has 0 bridgehead atoms. The number of unbranched alkanes of at least 4 members (excludes halogenated alkanes) is 2. The number of hydrogen-bond acceptors (Lipinski definition) is 1. The molecule has 0 saturated carbocycles. The molecule has 1 aromatic carbocycles. The Labute approximate surface area is 120 Å². The summed E-state index contributed by atoms with van der Waals surface area (Å²) in [6.45, 7) is 4.27. The molecule has 0 amide bonds. The van der Waals surface area contributed by atoms with Crippen LogP contribution in [0.15, 0.2) is 24.3 Å². The van der Waals surface area contributed by atoms with E-state index in [0.29, 0.717) is 0 Å². The van der Waals surface area contributed by atoms with Crippen LogP contribution in [-0.2, 0) is 6.42 Å². The van der Waals surface area contributed by atoms with Gasteiger partial charge < -0.3 is 0 Å². The number of rotatable bonds is 4. The molecule has 0 aliphatic carbocycles. The molecule has 0 fully saturated rings. The van der Waals surface area contributed by atoms with Crippen molar-refractivity contribution in [1.29, 1.82) is 0 Å². The van der Waals surface area contributed by atoms with E-state index in [0.717, 1.165) is 28.0 Å². The van der Waals surface area contributed by atoms with Gasteiger partial charge in [0.2, 0.25) is 0 Å². The molecule has 0 spiro atoms. The normalized spacial score (nSPS) is 10.4. The first-order valence-electron chi connectivity index (χ1n) is 6.27. The Bertz CT molecular complexity index is 523. The zero-order valence-electron chi connectivity index (χ0n) is 10.9. The van der Waals surface area contributed by atoms with Crippen molar-refractivity contribution in [2.75, 3.05) is 0 Å². The summed E-state index contributed by atoms with van der Waals surface area (Å²) in [5.41, 5.74) is 3.29. The minimum Gasteiger partial charge on any atom is -0.253 e. The molecular weight excluding hydrogens is 265 g/mol. The van der Waals surface area contributed by atoms with Gasteiger partial charge in [0, 0.05) is 11.1 Å². The number of nitrogens with zero attached hydrogens (tertiary/aromatic N) is 1. The predicted molar refractivity (Wildman–Crippen MR) is 82.0 cm³/mol. The molecule has 0 aliphatic heterocycles. The Hall–Kier alpha value is -0.790. The Morgan fingerprint density at radius 2 is 1.89 bits per heavy atom. The molecule has 1 nitrogen and oxygen atoms in total. The lowest BCUT2D eigenvalue weighted by Crippen LogP contribution is -1.96. The van der Waals surface area contributed by atoms with Crippen molar-refractivity contribution < 1.29 is 0 Å². The van der Waals surface area contributed by atoms with Crippen LogP contribution in [0.5, 0.6) is 0 Å². The van der Waals surface area contributed by atoms with Gasteiger partial charge in [-0.25, -0.2) is 0 Å². The maximum absolute atomic E-state index is 6.49. The third kappa shape index (κ3) is 3.15. The zero-order chi connectivity index (χ0) is 12.3. The van der Waals surface area contributed by atoms with Gasteiger partial charge in [0.1, 0.15) is 0 Å². The van der Waals surface area contributed by atoms with Crippen molar-refractivity contribution >= 4 is 34.9 Å². The average Bonchev–Trinajstić information content (AvgIpc) is 2.33. The fourth-order valence-corrected chi connectivity index (χ4v) is 2.56. The number of para-hydroxylation sites is 1. The molecule has 1 aromatic heterocycles. The number of aromatic nitrogens is 1. The summed E-state index contributed by atoms with van der Waals surface area (Å²) in [5.74, 6) is 0. The SMILES string of the molecule is CCCCCc1c(C)nc2ccccc2c1Cl.Cl. The van der Waals surface area contributed by atoms with E-state index in [1.807, 2.05) is 24.3 Å². The van der Waals surface area contributed by atoms with E-state index in [1.165, 1.54) is 24.8 Å². The molecule has 1 heterocycles. The molecule has 2 aromatic rings. The molecule has 0 unspecified atom stereocenters. The van der Waals surface area contributed by atoms with Gasteiger partial charge in [-0.3, -0.25) is 4.98 Å². The van der Waals surface area contributed by atoms with Crippen molar-refractivity contribution in [3.8, 4) is 0 Å². The van der Waals surface area contributed by atoms with Gasteiger partial charge in [0.15, 0.2) is 0 Å². The van der Waals surface area contributed by atoms with E-state index < -0.39 is 0 Å². The molecule has 0 N–H and O–H groups in total. The Morgan fingerprint density at radius 3 is 2.61 bits per heavy atom. The smallest absolute Gasteiger partial charge is 0.0720 e. The Morgan fingerprint density at radius 1 is 1.17 bits per heavy atom. The number of pyridine rings is 1. The van der Waals surface area contributed by atoms with E-state index >= 15 is 0 Å². The highest BCUT2D eigenvalue weighted by molar-refractivity contribution is 6.36. The van der Waals surface area contributed by atoms with Crippen LogP contribution in [0.3, 0.4) is 0 Å². The summed E-state index contributed by atoms with van der Waals surface area (Å²) in [7, 11) is 0. The van der Waals surface area contributed by atoms with Gasteiger partial charge in [-0.05, 0) is 31.4 Å². The van der Waals surface area contributed by atoms with E-state index in [-0.39, 0.29) is 12.4 Å². The second-order valence-electron chi connectivity index (χ2n) is 4.46. The summed E-state index contributed by atoms with van der Waals surface area (Å²) in [6, 6.07) is 8.08. The van der Waals surface area contributed by atoms with Crippen molar-refractivity contribution in [3.63, 3.8) is 0 Å². The van der Waals surface area contributed by atoms with Gasteiger partial charge in [-0.2, -0.15) is 0 Å². The zero-order valence-corrected chi connectivity index (χ0v) is 12.4. The van der Waals surface area contributed by atoms with Crippen LogP contribution in [0.1, 0.15) is 37.4 Å². The summed E-state index contributed by atoms with van der Waals surface area (Å²) in [5, 5.41) is 1.97. The monoisotopic (exact) mass is 283 g/mol. The van der Waals surface area contributed by atoms with Crippen LogP contribution >= 0.6 is 24.0 Å². The van der Waals surface area contributed by atoms with Crippen molar-refractivity contribution in [1.82, 2.24) is 4.98 Å². The summed E-state index contributed by atoms with van der Waals surface area (Å²) in [6.07, 6.45) is 4.72. The lowest BCUT2D eigenvalue weighted by Gasteiger charge is -2.10. The number of benzene rings is 1. The van der Waals surface area contributed by atoms with Crippen LogP contribution < -0.4 is 0 Å². The molecule has 18 heavy (non-hydrogen) atoms. The summed E-state index contributed by atoms with van der Waals surface area (Å²) in [4.78, 5) is 4.63. The highest BCUT2D eigenvalue weighted by Gasteiger charge is 2.09. The maximum Gasteiger partial charge on any atom is 0.0720 e. The molecule has 3 heteroatoms. The minimum absolute atomic E-state index is 0. The van der Waals surface area contributed by atoms with Gasteiger partial charge in [0.25, 0.3) is 0 Å². The van der Waals surface area contributed by atoms with Crippen LogP contribution in [0, 0.1) is 6.92 Å². The van der Waals surface area contributed by atoms with Gasteiger partial charge in [0.05, 0.1) is 10.5 Å².